The summed E-state index contributed by atoms with van der Waals surface area (Å²) >= 11 is 1.31. The molecule has 1 aromatic carbocycles. The van der Waals surface area contributed by atoms with E-state index in [1.807, 2.05) is 5.38 Å². The standard InChI is InChI=1S/C15H10FNO3S/c1-8(18)20-15-13(19)14-11(6-17-15)12(7-21-14)9-2-4-10(16)5-3-9/h2-7,19H,1H3. The Kier molecular flexibility index (Phi) is 3.31. The van der Waals surface area contributed by atoms with Crippen LogP contribution in [0.2, 0.25) is 0 Å². The SMILES string of the molecule is CC(=O)Oc1ncc2c(-c3ccc(F)cc3)csc2c1O. The Morgan fingerprint density at radius 1 is 1.33 bits per heavy atom. The second kappa shape index (κ2) is 5.14. The maximum atomic E-state index is 13.0. The smallest absolute Gasteiger partial charge is 0.309 e. The van der Waals surface area contributed by atoms with Crippen LogP contribution in [0, 0.1) is 5.82 Å². The molecule has 0 saturated carbocycles. The molecule has 0 radical (unpaired) electrons. The van der Waals surface area contributed by atoms with Gasteiger partial charge in [0.1, 0.15) is 5.82 Å². The van der Waals surface area contributed by atoms with Crippen molar-refractivity contribution in [2.45, 2.75) is 6.92 Å². The van der Waals surface area contributed by atoms with E-state index in [9.17, 15) is 14.3 Å². The van der Waals surface area contributed by atoms with Gasteiger partial charge in [0.05, 0.1) is 4.70 Å². The number of benzene rings is 1. The van der Waals surface area contributed by atoms with Crippen molar-refractivity contribution in [3.8, 4) is 22.8 Å². The summed E-state index contributed by atoms with van der Waals surface area (Å²) in [7, 11) is 0. The minimum Gasteiger partial charge on any atom is -0.502 e. The molecule has 3 rings (SSSR count). The highest BCUT2D eigenvalue weighted by atomic mass is 32.1. The molecule has 0 amide bonds. The summed E-state index contributed by atoms with van der Waals surface area (Å²) < 4.78 is 18.4. The van der Waals surface area contributed by atoms with E-state index in [4.69, 9.17) is 4.74 Å². The van der Waals surface area contributed by atoms with Crippen molar-refractivity contribution in [3.05, 3.63) is 41.7 Å². The molecule has 0 spiro atoms. The highest BCUT2D eigenvalue weighted by molar-refractivity contribution is 7.18. The highest BCUT2D eigenvalue weighted by Crippen LogP contribution is 2.41. The Bertz CT molecular complexity index is 827. The number of fused-ring (bicyclic) bond motifs is 1. The van der Waals surface area contributed by atoms with Crippen molar-refractivity contribution in [2.75, 3.05) is 0 Å². The van der Waals surface area contributed by atoms with Gasteiger partial charge in [0, 0.05) is 29.5 Å². The Balaban J connectivity index is 2.13. The van der Waals surface area contributed by atoms with E-state index in [-0.39, 0.29) is 17.4 Å². The number of ether oxygens (including phenoxy) is 1. The number of hydrogen-bond donors (Lipinski definition) is 1. The highest BCUT2D eigenvalue weighted by Gasteiger charge is 2.16. The van der Waals surface area contributed by atoms with Gasteiger partial charge in [-0.2, -0.15) is 0 Å². The number of hydrogen-bond acceptors (Lipinski definition) is 5. The third kappa shape index (κ3) is 2.45. The average Bonchev–Trinajstić information content (AvgIpc) is 2.87. The minimum absolute atomic E-state index is 0.109. The molecule has 6 heteroatoms. The summed E-state index contributed by atoms with van der Waals surface area (Å²) in [6, 6.07) is 6.07. The number of carbonyl (C=O) groups is 1. The minimum atomic E-state index is -0.549. The molecule has 0 bridgehead atoms. The van der Waals surface area contributed by atoms with Crippen molar-refractivity contribution in [2.24, 2.45) is 0 Å². The zero-order valence-corrected chi connectivity index (χ0v) is 11.8. The molecule has 0 saturated heterocycles. The molecule has 0 aliphatic rings. The predicted molar refractivity (Wildman–Crippen MR) is 78.0 cm³/mol. The van der Waals surface area contributed by atoms with Gasteiger partial charge in [-0.1, -0.05) is 12.1 Å². The van der Waals surface area contributed by atoms with E-state index in [0.717, 1.165) is 16.5 Å². The zero-order valence-electron chi connectivity index (χ0n) is 11.0. The van der Waals surface area contributed by atoms with Crippen LogP contribution in [0.4, 0.5) is 4.39 Å². The molecule has 2 aromatic heterocycles. The van der Waals surface area contributed by atoms with Crippen LogP contribution in [0.1, 0.15) is 6.92 Å². The lowest BCUT2D eigenvalue weighted by molar-refractivity contribution is -0.132. The first kappa shape index (κ1) is 13.5. The Hall–Kier alpha value is -2.47. The first-order valence-electron chi connectivity index (χ1n) is 6.10. The third-order valence-electron chi connectivity index (χ3n) is 2.95. The van der Waals surface area contributed by atoms with Gasteiger partial charge in [0.15, 0.2) is 5.75 Å². The summed E-state index contributed by atoms with van der Waals surface area (Å²) in [6.07, 6.45) is 1.53. The number of esters is 1. The maximum Gasteiger partial charge on any atom is 0.309 e. The molecule has 0 aliphatic heterocycles. The van der Waals surface area contributed by atoms with E-state index < -0.39 is 5.97 Å². The van der Waals surface area contributed by atoms with E-state index in [0.29, 0.717) is 4.70 Å². The summed E-state index contributed by atoms with van der Waals surface area (Å²) in [5, 5.41) is 12.7. The predicted octanol–water partition coefficient (Wildman–Crippen LogP) is 3.73. The number of aromatic hydroxyl groups is 1. The molecular weight excluding hydrogens is 293 g/mol. The fourth-order valence-corrected chi connectivity index (χ4v) is 3.01. The van der Waals surface area contributed by atoms with Gasteiger partial charge in [-0.25, -0.2) is 9.37 Å². The number of rotatable bonds is 2. The van der Waals surface area contributed by atoms with Crippen molar-refractivity contribution in [1.82, 2.24) is 4.98 Å². The summed E-state index contributed by atoms with van der Waals surface area (Å²) in [5.74, 6) is -1.13. The molecule has 1 N–H and O–H groups in total. The van der Waals surface area contributed by atoms with Crippen LogP contribution in [-0.4, -0.2) is 16.1 Å². The van der Waals surface area contributed by atoms with Crippen LogP contribution in [0.5, 0.6) is 11.6 Å². The Morgan fingerprint density at radius 3 is 2.71 bits per heavy atom. The van der Waals surface area contributed by atoms with E-state index in [2.05, 4.69) is 4.98 Å². The molecule has 0 unspecified atom stereocenters. The second-order valence-electron chi connectivity index (χ2n) is 4.40. The molecule has 0 fully saturated rings. The molecule has 4 nitrogen and oxygen atoms in total. The first-order valence-corrected chi connectivity index (χ1v) is 6.97. The molecule has 0 atom stereocenters. The van der Waals surface area contributed by atoms with Gasteiger partial charge in [-0.3, -0.25) is 4.79 Å². The fourth-order valence-electron chi connectivity index (χ4n) is 2.02. The number of thiophene rings is 1. The Labute approximate surface area is 123 Å². The summed E-state index contributed by atoms with van der Waals surface area (Å²) in [6.45, 7) is 1.24. The second-order valence-corrected chi connectivity index (χ2v) is 5.28. The number of pyridine rings is 1. The zero-order chi connectivity index (χ0) is 15.0. The number of aromatic nitrogens is 1. The summed E-state index contributed by atoms with van der Waals surface area (Å²) in [4.78, 5) is 14.9. The lowest BCUT2D eigenvalue weighted by Gasteiger charge is -2.04. The molecular formula is C15H10FNO3S. The van der Waals surface area contributed by atoms with Gasteiger partial charge in [0.25, 0.3) is 5.88 Å². The maximum absolute atomic E-state index is 13.0. The lowest BCUT2D eigenvalue weighted by atomic mass is 10.1. The third-order valence-corrected chi connectivity index (χ3v) is 3.96. The normalized spacial score (nSPS) is 10.8. The van der Waals surface area contributed by atoms with Gasteiger partial charge in [-0.05, 0) is 17.7 Å². The van der Waals surface area contributed by atoms with E-state index in [1.165, 1.54) is 36.6 Å². The van der Waals surface area contributed by atoms with Crippen LogP contribution in [-0.2, 0) is 4.79 Å². The van der Waals surface area contributed by atoms with Crippen LogP contribution >= 0.6 is 11.3 Å². The van der Waals surface area contributed by atoms with Crippen molar-refractivity contribution >= 4 is 27.4 Å². The van der Waals surface area contributed by atoms with Crippen LogP contribution in [0.3, 0.4) is 0 Å². The molecule has 21 heavy (non-hydrogen) atoms. The quantitative estimate of drug-likeness (QED) is 0.733. The number of nitrogens with zero attached hydrogens (tertiary/aromatic N) is 1. The average molecular weight is 303 g/mol. The van der Waals surface area contributed by atoms with Crippen molar-refractivity contribution < 1.29 is 19.0 Å². The summed E-state index contributed by atoms with van der Waals surface area (Å²) in [5.41, 5.74) is 1.66. The molecule has 3 aromatic rings. The Morgan fingerprint density at radius 2 is 2.05 bits per heavy atom. The molecule has 0 aliphatic carbocycles. The topological polar surface area (TPSA) is 59.4 Å². The first-order chi connectivity index (χ1) is 10.1. The van der Waals surface area contributed by atoms with E-state index in [1.54, 1.807) is 12.1 Å². The van der Waals surface area contributed by atoms with Crippen LogP contribution in [0.25, 0.3) is 21.2 Å². The van der Waals surface area contributed by atoms with Gasteiger partial charge in [-0.15, -0.1) is 11.3 Å². The van der Waals surface area contributed by atoms with Gasteiger partial charge >= 0.3 is 5.97 Å². The van der Waals surface area contributed by atoms with Crippen LogP contribution in [0.15, 0.2) is 35.8 Å². The van der Waals surface area contributed by atoms with Gasteiger partial charge in [0.2, 0.25) is 0 Å². The number of carbonyl (C=O) groups excluding carboxylic acids is 1. The molecule has 2 heterocycles. The van der Waals surface area contributed by atoms with Crippen molar-refractivity contribution in [1.29, 1.82) is 0 Å². The molecule has 106 valence electrons. The van der Waals surface area contributed by atoms with Crippen LogP contribution < -0.4 is 4.74 Å². The fraction of sp³-hybridized carbons (Fsp3) is 0.0667. The largest absolute Gasteiger partial charge is 0.502 e. The van der Waals surface area contributed by atoms with Crippen molar-refractivity contribution in [3.63, 3.8) is 0 Å². The van der Waals surface area contributed by atoms with Gasteiger partial charge < -0.3 is 9.84 Å². The number of halogens is 1. The monoisotopic (exact) mass is 303 g/mol. The lowest BCUT2D eigenvalue weighted by Crippen LogP contribution is -2.03. The van der Waals surface area contributed by atoms with E-state index >= 15 is 0 Å².